The van der Waals surface area contributed by atoms with Crippen LogP contribution in [0.2, 0.25) is 0 Å². The van der Waals surface area contributed by atoms with Crippen LogP contribution in [0.1, 0.15) is 41.5 Å². The fraction of sp³-hybridized carbons (Fsp3) is 0.889. The van der Waals surface area contributed by atoms with Gasteiger partial charge in [-0.05, 0) is 47.7 Å². The van der Waals surface area contributed by atoms with Crippen LogP contribution in [0.3, 0.4) is 0 Å². The molecule has 0 spiro atoms. The van der Waals surface area contributed by atoms with E-state index in [4.69, 9.17) is 25.2 Å². The number of hydrogen-bond acceptors (Lipinski definition) is 5. The van der Waals surface area contributed by atoms with E-state index in [1.807, 2.05) is 0 Å². The van der Waals surface area contributed by atoms with Gasteiger partial charge in [-0.1, -0.05) is 0 Å². The van der Waals surface area contributed by atoms with Gasteiger partial charge in [0.15, 0.2) is 0 Å². The summed E-state index contributed by atoms with van der Waals surface area (Å²) in [6.45, 7) is 10.5. The summed E-state index contributed by atoms with van der Waals surface area (Å²) >= 11 is 0. The summed E-state index contributed by atoms with van der Waals surface area (Å²) in [6.07, 6.45) is -2.33. The van der Waals surface area contributed by atoms with E-state index in [0.29, 0.717) is 0 Å². The summed E-state index contributed by atoms with van der Waals surface area (Å²) in [6, 6.07) is 0. The van der Waals surface area contributed by atoms with Crippen LogP contribution in [0, 0.1) is 0 Å². The Hall–Kier alpha value is 1.19. The third-order valence-corrected chi connectivity index (χ3v) is 0. The van der Waals surface area contributed by atoms with Crippen molar-refractivity contribution in [1.82, 2.24) is 0 Å². The molecule has 0 radical (unpaired) electrons. The standard InChI is InChI=1S/2C4H10O.CH2O3.2Na/c2*1-4(2,3)5;2-1(3)4;;/h2*5H,1-3H3;(H2,2,3,4);;/q;;;2*+1/p-2. The molecular weight excluding hydrogens is 234 g/mol. The summed E-state index contributed by atoms with van der Waals surface area (Å²) in [5, 5.41) is 33.7. The van der Waals surface area contributed by atoms with E-state index in [1.165, 1.54) is 0 Å². The van der Waals surface area contributed by atoms with Gasteiger partial charge in [0.1, 0.15) is 0 Å². The smallest absolute Gasteiger partial charge is 0.652 e. The van der Waals surface area contributed by atoms with Crippen molar-refractivity contribution in [2.75, 3.05) is 0 Å². The first-order chi connectivity index (χ1) is 5.73. The Kier molecular flexibility index (Phi) is 27.0. The van der Waals surface area contributed by atoms with Crippen molar-refractivity contribution < 1.29 is 84.3 Å². The summed E-state index contributed by atoms with van der Waals surface area (Å²) in [5.41, 5.74) is -1.00. The Morgan fingerprint density at radius 1 is 0.812 bits per heavy atom. The predicted octanol–water partition coefficient (Wildman–Crippen LogP) is -6.88. The number of carboxylic acid groups (broad SMARTS) is 2. The molecule has 0 atom stereocenters. The van der Waals surface area contributed by atoms with Crippen LogP contribution in [0.4, 0.5) is 4.79 Å². The van der Waals surface area contributed by atoms with Gasteiger partial charge in [-0.3, -0.25) is 0 Å². The molecule has 0 aliphatic heterocycles. The monoisotopic (exact) mass is 254 g/mol. The molecule has 0 bridgehead atoms. The van der Waals surface area contributed by atoms with E-state index in [9.17, 15) is 0 Å². The molecule has 0 aromatic rings. The second-order valence-electron chi connectivity index (χ2n) is 4.59. The largest absolute Gasteiger partial charge is 1.00 e. The maximum atomic E-state index is 8.52. The molecule has 5 nitrogen and oxygen atoms in total. The minimum atomic E-state index is -2.33. The molecule has 0 aromatic heterocycles. The number of hydrogen-bond donors (Lipinski definition) is 2. The zero-order valence-electron chi connectivity index (χ0n) is 11.6. The van der Waals surface area contributed by atoms with Gasteiger partial charge < -0.3 is 25.2 Å². The van der Waals surface area contributed by atoms with Crippen molar-refractivity contribution in [2.45, 2.75) is 52.7 Å². The van der Waals surface area contributed by atoms with E-state index in [1.54, 1.807) is 41.5 Å². The van der Waals surface area contributed by atoms with E-state index in [0.717, 1.165) is 0 Å². The summed E-state index contributed by atoms with van der Waals surface area (Å²) in [7, 11) is 0. The molecule has 0 fully saturated rings. The first-order valence-electron chi connectivity index (χ1n) is 4.06. The molecule has 7 heteroatoms. The van der Waals surface area contributed by atoms with Crippen LogP contribution in [0.5, 0.6) is 0 Å². The predicted molar refractivity (Wildman–Crippen MR) is 49.3 cm³/mol. The Balaban J connectivity index is -0.0000000358. The Bertz CT molecular complexity index is 121. The van der Waals surface area contributed by atoms with Crippen LogP contribution in [-0.4, -0.2) is 27.6 Å². The Morgan fingerprint density at radius 2 is 0.812 bits per heavy atom. The molecule has 0 amide bonds. The van der Waals surface area contributed by atoms with E-state index in [2.05, 4.69) is 0 Å². The maximum Gasteiger partial charge on any atom is 1.00 e. The normalized spacial score (nSPS) is 9.00. The van der Waals surface area contributed by atoms with E-state index < -0.39 is 17.4 Å². The molecule has 0 saturated carbocycles. The SMILES string of the molecule is CC(C)(C)O.CC(C)(C)O.O=C([O-])[O-].[Na+].[Na+]. The van der Waals surface area contributed by atoms with Crippen molar-refractivity contribution in [1.29, 1.82) is 0 Å². The quantitative estimate of drug-likeness (QED) is 0.418. The van der Waals surface area contributed by atoms with Crippen molar-refractivity contribution in [3.8, 4) is 0 Å². The first kappa shape index (κ1) is 30.3. The summed E-state index contributed by atoms with van der Waals surface area (Å²) < 4.78 is 0. The average Bonchev–Trinajstić information content (AvgIpc) is 1.45. The van der Waals surface area contributed by atoms with Gasteiger partial charge in [-0.25, -0.2) is 0 Å². The molecule has 0 rings (SSSR count). The molecule has 2 N–H and O–H groups in total. The van der Waals surface area contributed by atoms with Crippen molar-refractivity contribution in [2.24, 2.45) is 0 Å². The number of aliphatic hydroxyl groups is 2. The van der Waals surface area contributed by atoms with Crippen molar-refractivity contribution in [3.05, 3.63) is 0 Å². The molecule has 0 aliphatic rings. The third-order valence-electron chi connectivity index (χ3n) is 0. The first-order valence-corrected chi connectivity index (χ1v) is 4.06. The summed E-state index contributed by atoms with van der Waals surface area (Å²) in [5.74, 6) is 0. The van der Waals surface area contributed by atoms with E-state index in [-0.39, 0.29) is 59.1 Å². The molecule has 0 saturated heterocycles. The van der Waals surface area contributed by atoms with Crippen molar-refractivity contribution in [3.63, 3.8) is 0 Å². The third kappa shape index (κ3) is 2160. The van der Waals surface area contributed by atoms with Gasteiger partial charge in [0.25, 0.3) is 0 Å². The molecule has 0 heterocycles. The number of rotatable bonds is 0. The second-order valence-corrected chi connectivity index (χ2v) is 4.59. The van der Waals surface area contributed by atoms with Crippen LogP contribution in [0.25, 0.3) is 0 Å². The molecule has 88 valence electrons. The Morgan fingerprint density at radius 3 is 0.812 bits per heavy atom. The molecule has 16 heavy (non-hydrogen) atoms. The zero-order chi connectivity index (χ0) is 12.6. The minimum Gasteiger partial charge on any atom is -0.652 e. The molecule has 0 aliphatic carbocycles. The van der Waals surface area contributed by atoms with Gasteiger partial charge in [0, 0.05) is 0 Å². The van der Waals surface area contributed by atoms with Gasteiger partial charge in [-0.2, -0.15) is 0 Å². The van der Waals surface area contributed by atoms with Crippen LogP contribution in [0.15, 0.2) is 0 Å². The van der Waals surface area contributed by atoms with E-state index >= 15 is 0 Å². The van der Waals surface area contributed by atoms with Gasteiger partial charge in [0.2, 0.25) is 0 Å². The van der Waals surface area contributed by atoms with Crippen LogP contribution >= 0.6 is 0 Å². The van der Waals surface area contributed by atoms with Gasteiger partial charge in [0.05, 0.1) is 11.2 Å². The second kappa shape index (κ2) is 14.3. The minimum absolute atomic E-state index is 0. The molecule has 0 aromatic carbocycles. The fourth-order valence-electron chi connectivity index (χ4n) is 0. The zero-order valence-corrected chi connectivity index (χ0v) is 15.6. The summed E-state index contributed by atoms with van der Waals surface area (Å²) in [4.78, 5) is 8.33. The average molecular weight is 254 g/mol. The number of carbonyl (C=O) groups is 1. The molecular formula is C9H20Na2O5. The number of carbonyl (C=O) groups excluding carboxylic acids is 1. The topological polar surface area (TPSA) is 104 Å². The maximum absolute atomic E-state index is 8.52. The van der Waals surface area contributed by atoms with Crippen LogP contribution < -0.4 is 69.3 Å². The van der Waals surface area contributed by atoms with Crippen LogP contribution in [-0.2, 0) is 0 Å². The van der Waals surface area contributed by atoms with Crippen molar-refractivity contribution >= 4 is 6.16 Å². The fourth-order valence-corrected chi connectivity index (χ4v) is 0. The Labute approximate surface area is 142 Å². The molecule has 0 unspecified atom stereocenters. The van der Waals surface area contributed by atoms with Gasteiger partial charge in [-0.15, -0.1) is 0 Å². The van der Waals surface area contributed by atoms with Gasteiger partial charge >= 0.3 is 59.1 Å².